The lowest BCUT2D eigenvalue weighted by Gasteiger charge is -2.41. The molecule has 0 aromatic rings. The maximum absolute atomic E-state index is 12.8. The van der Waals surface area contributed by atoms with Crippen LogP contribution in [0.1, 0.15) is 136 Å². The summed E-state index contributed by atoms with van der Waals surface area (Å²) in [4.78, 5) is 35.6. The van der Waals surface area contributed by atoms with Gasteiger partial charge in [-0.1, -0.05) is 125 Å². The smallest absolute Gasteiger partial charge is 0.462 e. The summed E-state index contributed by atoms with van der Waals surface area (Å²) in [6.45, 7) is 3.00. The Labute approximate surface area is 358 Å². The fourth-order valence-corrected chi connectivity index (χ4v) is 7.04. The van der Waals surface area contributed by atoms with Crippen molar-refractivity contribution in [1.82, 2.24) is 0 Å². The molecule has 1 fully saturated rings. The fourth-order valence-electron chi connectivity index (χ4n) is 6.06. The van der Waals surface area contributed by atoms with Crippen molar-refractivity contribution in [1.29, 1.82) is 0 Å². The number of carbonyl (C=O) groups excluding carboxylic acids is 2. The van der Waals surface area contributed by atoms with Crippen LogP contribution in [-0.4, -0.2) is 110 Å². The van der Waals surface area contributed by atoms with Crippen LogP contribution in [0.25, 0.3) is 0 Å². The van der Waals surface area contributed by atoms with Crippen molar-refractivity contribution in [3.63, 3.8) is 0 Å². The van der Waals surface area contributed by atoms with Crippen LogP contribution in [0.2, 0.25) is 0 Å². The van der Waals surface area contributed by atoms with Gasteiger partial charge in [-0.3, -0.25) is 18.6 Å². The number of unbranched alkanes of at least 4 members (excludes halogenated alkanes) is 9. The number of esters is 2. The van der Waals surface area contributed by atoms with Gasteiger partial charge in [0.05, 0.1) is 12.7 Å². The summed E-state index contributed by atoms with van der Waals surface area (Å²) in [5, 5.41) is 60.2. The van der Waals surface area contributed by atoms with Crippen molar-refractivity contribution < 1.29 is 68.2 Å². The molecule has 7 N–H and O–H groups in total. The first-order valence-electron chi connectivity index (χ1n) is 21.8. The number of allylic oxidation sites excluding steroid dienone is 11. The Balaban J connectivity index is 2.56. The highest BCUT2D eigenvalue weighted by Crippen LogP contribution is 2.47. The summed E-state index contributed by atoms with van der Waals surface area (Å²) in [5.74, 6) is -1.23. The van der Waals surface area contributed by atoms with Crippen molar-refractivity contribution >= 4 is 19.8 Å². The highest BCUT2D eigenvalue weighted by atomic mass is 31.2. The van der Waals surface area contributed by atoms with Gasteiger partial charge in [0.25, 0.3) is 0 Å². The number of phosphoric ester groups is 1. The Morgan fingerprint density at radius 2 is 1.15 bits per heavy atom. The molecule has 1 rings (SSSR count). The van der Waals surface area contributed by atoms with Crippen molar-refractivity contribution in [2.45, 2.75) is 185 Å². The number of aliphatic hydroxyl groups is 6. The molecule has 0 aromatic heterocycles. The summed E-state index contributed by atoms with van der Waals surface area (Å²) >= 11 is 0. The molecule has 0 radical (unpaired) electrons. The van der Waals surface area contributed by atoms with E-state index in [0.717, 1.165) is 64.2 Å². The van der Waals surface area contributed by atoms with Crippen molar-refractivity contribution in [2.24, 2.45) is 0 Å². The van der Waals surface area contributed by atoms with Crippen LogP contribution in [0, 0.1) is 0 Å². The van der Waals surface area contributed by atoms with E-state index in [2.05, 4.69) is 56.4 Å². The standard InChI is InChI=1S/C45H75O14P/c1-3-5-7-9-11-12-13-14-15-16-17-18-20-24-29-33-39(48)58-37(35-57-60(54,55)59-45-43(52)41(50)40(49)42(51)44(45)53)34-56-38(47)32-28-25-21-23-27-31-36(46)30-26-22-19-10-8-6-4-2/h6,8,11-12,14-15,17-19,22,26,30,36-37,40-46,49-53H,3-5,7,9-10,13,16,20-21,23-25,27-29,31-35H2,1-2H3,(H,54,55)/b8-6+,12-11-,15-14-,18-17-,22-19+,30-26+/t36?,37-,40?,41-,42+,43-,44-,45?/m1/s1. The molecular weight excluding hydrogens is 795 g/mol. The zero-order valence-electron chi connectivity index (χ0n) is 35.8. The highest BCUT2D eigenvalue weighted by Gasteiger charge is 2.51. The molecule has 1 saturated carbocycles. The first kappa shape index (κ1) is 55.3. The average Bonchev–Trinajstić information content (AvgIpc) is 3.22. The van der Waals surface area contributed by atoms with Crippen LogP contribution in [-0.2, 0) is 32.7 Å². The minimum Gasteiger partial charge on any atom is -0.462 e. The average molecular weight is 871 g/mol. The Bertz CT molecular complexity index is 1340. The predicted octanol–water partition coefficient (Wildman–Crippen LogP) is 6.91. The Hall–Kier alpha value is -2.75. The molecule has 15 heteroatoms. The maximum atomic E-state index is 12.8. The molecule has 9 atom stereocenters. The van der Waals surface area contributed by atoms with Crippen LogP contribution in [0.15, 0.2) is 72.9 Å². The fraction of sp³-hybridized carbons (Fsp3) is 0.689. The zero-order valence-corrected chi connectivity index (χ0v) is 36.7. The third-order valence-corrected chi connectivity index (χ3v) is 10.6. The first-order chi connectivity index (χ1) is 28.8. The summed E-state index contributed by atoms with van der Waals surface area (Å²) in [5.41, 5.74) is 0. The molecule has 344 valence electrons. The molecule has 4 unspecified atom stereocenters. The molecule has 0 saturated heterocycles. The first-order valence-corrected chi connectivity index (χ1v) is 23.3. The summed E-state index contributed by atoms with van der Waals surface area (Å²) in [7, 11) is -5.15. The lowest BCUT2D eigenvalue weighted by Crippen LogP contribution is -2.64. The van der Waals surface area contributed by atoms with E-state index in [1.807, 2.05) is 24.3 Å². The van der Waals surface area contributed by atoms with E-state index in [1.54, 1.807) is 6.08 Å². The second-order valence-electron chi connectivity index (χ2n) is 15.0. The van der Waals surface area contributed by atoms with Crippen LogP contribution in [0.4, 0.5) is 0 Å². The minimum absolute atomic E-state index is 0.0237. The SMILES string of the molecule is CC/C=C/C/C=C/C=C/C(O)CCCCCCCC(=O)OC[C@H](COP(=O)(O)OC1[C@H](O)[C@H](O)C(O)[C@H](O)[C@H]1O)OC(=O)CCCC/C=C\C/C=C\C/C=C\CCCCC. The van der Waals surface area contributed by atoms with E-state index >= 15 is 0 Å². The minimum atomic E-state index is -5.15. The molecule has 14 nitrogen and oxygen atoms in total. The van der Waals surface area contributed by atoms with Gasteiger partial charge in [0.1, 0.15) is 43.2 Å². The predicted molar refractivity (Wildman–Crippen MR) is 231 cm³/mol. The Morgan fingerprint density at radius 3 is 1.80 bits per heavy atom. The highest BCUT2D eigenvalue weighted by molar-refractivity contribution is 7.47. The van der Waals surface area contributed by atoms with E-state index in [4.69, 9.17) is 18.5 Å². The third kappa shape index (κ3) is 27.2. The van der Waals surface area contributed by atoms with Gasteiger partial charge >= 0.3 is 19.8 Å². The van der Waals surface area contributed by atoms with Gasteiger partial charge in [-0.05, 0) is 70.6 Å². The topological polar surface area (TPSA) is 230 Å². The van der Waals surface area contributed by atoms with Gasteiger partial charge < -0.3 is 45.0 Å². The molecule has 0 bridgehead atoms. The van der Waals surface area contributed by atoms with Crippen LogP contribution in [0.3, 0.4) is 0 Å². The lowest BCUT2D eigenvalue weighted by atomic mass is 9.85. The Kier molecular flexibility index (Phi) is 32.0. The molecular formula is C45H75O14P. The zero-order chi connectivity index (χ0) is 44.4. The van der Waals surface area contributed by atoms with E-state index in [-0.39, 0.29) is 12.8 Å². The van der Waals surface area contributed by atoms with Crippen LogP contribution < -0.4 is 0 Å². The number of ether oxygens (including phenoxy) is 2. The summed E-state index contributed by atoms with van der Waals surface area (Å²) in [6.07, 6.45) is 25.5. The number of aliphatic hydroxyl groups excluding tert-OH is 6. The van der Waals surface area contributed by atoms with E-state index in [0.29, 0.717) is 25.7 Å². The van der Waals surface area contributed by atoms with E-state index in [9.17, 15) is 49.7 Å². The molecule has 0 aromatic carbocycles. The van der Waals surface area contributed by atoms with Crippen LogP contribution in [0.5, 0.6) is 0 Å². The number of rotatable bonds is 34. The van der Waals surface area contributed by atoms with Gasteiger partial charge in [0.15, 0.2) is 6.10 Å². The van der Waals surface area contributed by atoms with Crippen molar-refractivity contribution in [3.05, 3.63) is 72.9 Å². The largest absolute Gasteiger partial charge is 0.472 e. The van der Waals surface area contributed by atoms with Gasteiger partial charge in [0.2, 0.25) is 0 Å². The normalized spacial score (nSPS) is 23.4. The molecule has 0 spiro atoms. The van der Waals surface area contributed by atoms with E-state index < -0.39 is 81.8 Å². The van der Waals surface area contributed by atoms with Crippen molar-refractivity contribution in [2.75, 3.05) is 13.2 Å². The lowest BCUT2D eigenvalue weighted by molar-refractivity contribution is -0.220. The second-order valence-corrected chi connectivity index (χ2v) is 16.4. The summed E-state index contributed by atoms with van der Waals surface area (Å²) in [6, 6.07) is 0. The number of phosphoric acid groups is 1. The number of carbonyl (C=O) groups is 2. The van der Waals surface area contributed by atoms with Gasteiger partial charge in [0, 0.05) is 12.8 Å². The summed E-state index contributed by atoms with van der Waals surface area (Å²) < 4.78 is 33.4. The van der Waals surface area contributed by atoms with Gasteiger partial charge in [-0.15, -0.1) is 0 Å². The van der Waals surface area contributed by atoms with E-state index in [1.165, 1.54) is 19.3 Å². The van der Waals surface area contributed by atoms with Crippen LogP contribution >= 0.6 is 7.82 Å². The molecule has 1 aliphatic carbocycles. The second kappa shape index (κ2) is 34.8. The number of hydrogen-bond acceptors (Lipinski definition) is 13. The molecule has 0 aliphatic heterocycles. The third-order valence-electron chi connectivity index (χ3n) is 9.64. The molecule has 60 heavy (non-hydrogen) atoms. The maximum Gasteiger partial charge on any atom is 0.472 e. The quantitative estimate of drug-likeness (QED) is 0.0115. The molecule has 0 amide bonds. The van der Waals surface area contributed by atoms with Gasteiger partial charge in [-0.2, -0.15) is 0 Å². The van der Waals surface area contributed by atoms with Crippen molar-refractivity contribution in [3.8, 4) is 0 Å². The molecule has 0 heterocycles. The Morgan fingerprint density at radius 1 is 0.617 bits per heavy atom. The monoisotopic (exact) mass is 870 g/mol. The number of hydrogen-bond donors (Lipinski definition) is 7. The van der Waals surface area contributed by atoms with Gasteiger partial charge in [-0.25, -0.2) is 4.57 Å². The molecule has 1 aliphatic rings.